The topological polar surface area (TPSA) is 89.8 Å². The van der Waals surface area contributed by atoms with Crippen molar-refractivity contribution >= 4 is 53.8 Å². The number of nitrogens with zero attached hydrogens (tertiary/aromatic N) is 3. The van der Waals surface area contributed by atoms with Gasteiger partial charge in [-0.2, -0.15) is 0 Å². The van der Waals surface area contributed by atoms with Crippen LogP contribution in [0, 0.1) is 11.2 Å². The number of benzene rings is 3. The van der Waals surface area contributed by atoms with Gasteiger partial charge in [0.05, 0.1) is 21.8 Å². The van der Waals surface area contributed by atoms with E-state index in [9.17, 15) is 9.90 Å². The first-order valence-corrected chi connectivity index (χ1v) is 17.3. The van der Waals surface area contributed by atoms with Gasteiger partial charge in [0.1, 0.15) is 22.6 Å². The SMILES string of the molecule is CC1CN(C(=O)O)CCN1C(=N)c1cc(Cl)c(-c2c(F)cccc2O[Si](c2ccccc2)(c2ccccc2)C(C)(C)C)nc1Cl. The second-order valence-corrected chi connectivity index (χ2v) is 17.1. The molecule has 7 nitrogen and oxygen atoms in total. The quantitative estimate of drug-likeness (QED) is 0.0990. The Labute approximate surface area is 273 Å². The van der Waals surface area contributed by atoms with Crippen LogP contribution in [0.2, 0.25) is 15.2 Å². The Kier molecular flexibility index (Phi) is 9.25. The zero-order valence-corrected chi connectivity index (χ0v) is 28.0. The number of carboxylic acid groups (broad SMARTS) is 1. The molecule has 0 aliphatic carbocycles. The molecule has 2 heterocycles. The second-order valence-electron chi connectivity index (χ2n) is 12.2. The van der Waals surface area contributed by atoms with Crippen molar-refractivity contribution in [1.82, 2.24) is 14.8 Å². The van der Waals surface area contributed by atoms with Crippen LogP contribution < -0.4 is 14.8 Å². The maximum atomic E-state index is 15.9. The Morgan fingerprint density at radius 1 is 1.00 bits per heavy atom. The Morgan fingerprint density at radius 2 is 1.60 bits per heavy atom. The van der Waals surface area contributed by atoms with Crippen molar-refractivity contribution in [3.63, 3.8) is 0 Å². The highest BCUT2D eigenvalue weighted by molar-refractivity contribution is 7.00. The van der Waals surface area contributed by atoms with Gasteiger partial charge in [0.25, 0.3) is 0 Å². The molecule has 1 amide bonds. The maximum absolute atomic E-state index is 15.9. The number of carbonyl (C=O) groups is 1. The van der Waals surface area contributed by atoms with Crippen molar-refractivity contribution in [3.05, 3.63) is 106 Å². The van der Waals surface area contributed by atoms with Crippen molar-refractivity contribution in [2.45, 2.75) is 38.8 Å². The first-order chi connectivity index (χ1) is 21.3. The first kappa shape index (κ1) is 32.5. The molecular formula is C34H35Cl2FN4O3Si. The number of aromatic nitrogens is 1. The monoisotopic (exact) mass is 664 g/mol. The van der Waals surface area contributed by atoms with Gasteiger partial charge in [-0.05, 0) is 40.5 Å². The lowest BCUT2D eigenvalue weighted by atomic mass is 10.1. The van der Waals surface area contributed by atoms with E-state index in [1.807, 2.05) is 43.3 Å². The van der Waals surface area contributed by atoms with E-state index in [0.29, 0.717) is 6.54 Å². The van der Waals surface area contributed by atoms with Crippen LogP contribution >= 0.6 is 23.2 Å². The molecule has 0 saturated carbocycles. The molecule has 45 heavy (non-hydrogen) atoms. The number of hydrogen-bond acceptors (Lipinski definition) is 4. The number of nitrogens with one attached hydrogen (secondary N) is 1. The molecule has 5 rings (SSSR count). The van der Waals surface area contributed by atoms with Crippen molar-refractivity contribution in [1.29, 1.82) is 5.41 Å². The largest absolute Gasteiger partial charge is 0.533 e. The molecule has 4 aromatic rings. The van der Waals surface area contributed by atoms with Gasteiger partial charge in [0, 0.05) is 25.7 Å². The fourth-order valence-electron chi connectivity index (χ4n) is 6.06. The molecule has 2 N–H and O–H groups in total. The van der Waals surface area contributed by atoms with Crippen LogP contribution in [0.3, 0.4) is 0 Å². The van der Waals surface area contributed by atoms with E-state index in [1.165, 1.54) is 17.0 Å². The van der Waals surface area contributed by atoms with E-state index < -0.39 is 20.2 Å². The minimum absolute atomic E-state index is 0.0214. The van der Waals surface area contributed by atoms with Gasteiger partial charge in [0.2, 0.25) is 0 Å². The fourth-order valence-corrected chi connectivity index (χ4v) is 11.0. The Balaban J connectivity index is 1.60. The lowest BCUT2D eigenvalue weighted by Crippen LogP contribution is -2.68. The highest BCUT2D eigenvalue weighted by Crippen LogP contribution is 2.43. The van der Waals surface area contributed by atoms with Crippen LogP contribution in [0.1, 0.15) is 33.3 Å². The first-order valence-electron chi connectivity index (χ1n) is 14.6. The molecule has 1 fully saturated rings. The molecule has 1 aliphatic heterocycles. The van der Waals surface area contributed by atoms with E-state index >= 15 is 4.39 Å². The Morgan fingerprint density at radius 3 is 2.13 bits per heavy atom. The molecule has 1 aromatic heterocycles. The summed E-state index contributed by atoms with van der Waals surface area (Å²) >= 11 is 13.5. The highest BCUT2D eigenvalue weighted by Gasteiger charge is 2.52. The molecular weight excluding hydrogens is 630 g/mol. The van der Waals surface area contributed by atoms with Crippen molar-refractivity contribution < 1.29 is 18.7 Å². The summed E-state index contributed by atoms with van der Waals surface area (Å²) in [5.74, 6) is -0.219. The average molecular weight is 666 g/mol. The molecule has 0 spiro atoms. The number of halogens is 3. The summed E-state index contributed by atoms with van der Waals surface area (Å²) in [6.07, 6.45) is -0.999. The Bertz CT molecular complexity index is 1680. The molecule has 234 valence electrons. The summed E-state index contributed by atoms with van der Waals surface area (Å²) in [6, 6.07) is 26.0. The standard InChI is InChI=1S/C34H35Cl2FN4O3Si/c1-22-21-40(33(42)43)18-19-41(22)32(38)25-20-26(35)30(39-31(25)36)29-27(37)16-11-17-28(29)44-45(34(2,3)4,23-12-7-5-8-13-23)24-14-9-6-10-15-24/h5-17,20,22,38H,18-19,21H2,1-4H3,(H,42,43). The molecule has 3 aromatic carbocycles. The van der Waals surface area contributed by atoms with Gasteiger partial charge in [-0.25, -0.2) is 14.2 Å². The third kappa shape index (κ3) is 6.17. The summed E-state index contributed by atoms with van der Waals surface area (Å²) in [6.45, 7) is 9.05. The van der Waals surface area contributed by atoms with E-state index in [-0.39, 0.29) is 62.8 Å². The van der Waals surface area contributed by atoms with Crippen LogP contribution in [0.5, 0.6) is 5.75 Å². The van der Waals surface area contributed by atoms with Crippen molar-refractivity contribution in [2.75, 3.05) is 19.6 Å². The molecule has 1 atom stereocenters. The van der Waals surface area contributed by atoms with Gasteiger partial charge in [-0.1, -0.05) is 111 Å². The molecule has 1 saturated heterocycles. The molecule has 0 radical (unpaired) electrons. The van der Waals surface area contributed by atoms with E-state index in [2.05, 4.69) is 50.0 Å². The second kappa shape index (κ2) is 12.8. The third-order valence-corrected chi connectivity index (χ3v) is 13.8. The molecule has 1 aliphatic rings. The smallest absolute Gasteiger partial charge is 0.407 e. The van der Waals surface area contributed by atoms with Crippen LogP contribution in [-0.4, -0.2) is 65.8 Å². The number of amides is 1. The number of pyridine rings is 1. The number of amidine groups is 1. The summed E-state index contributed by atoms with van der Waals surface area (Å²) in [4.78, 5) is 19.1. The van der Waals surface area contributed by atoms with Crippen LogP contribution in [0.15, 0.2) is 84.9 Å². The van der Waals surface area contributed by atoms with Crippen molar-refractivity contribution in [2.24, 2.45) is 0 Å². The summed E-state index contributed by atoms with van der Waals surface area (Å²) < 4.78 is 23.1. The lowest BCUT2D eigenvalue weighted by molar-refractivity contribution is 0.105. The van der Waals surface area contributed by atoms with E-state index in [0.717, 1.165) is 10.4 Å². The van der Waals surface area contributed by atoms with Crippen LogP contribution in [-0.2, 0) is 0 Å². The average Bonchev–Trinajstić information content (AvgIpc) is 3.01. The van der Waals surface area contributed by atoms with E-state index in [4.69, 9.17) is 33.0 Å². The van der Waals surface area contributed by atoms with E-state index in [1.54, 1.807) is 17.0 Å². The number of rotatable bonds is 6. The van der Waals surface area contributed by atoms with Gasteiger partial charge in [-0.15, -0.1) is 0 Å². The van der Waals surface area contributed by atoms with Crippen LogP contribution in [0.25, 0.3) is 11.3 Å². The minimum Gasteiger partial charge on any atom is -0.533 e. The summed E-state index contributed by atoms with van der Waals surface area (Å²) in [5.41, 5.74) is 0.457. The maximum Gasteiger partial charge on any atom is 0.407 e. The lowest BCUT2D eigenvalue weighted by Gasteiger charge is -2.43. The van der Waals surface area contributed by atoms with Gasteiger partial charge < -0.3 is 19.3 Å². The highest BCUT2D eigenvalue weighted by atomic mass is 35.5. The number of hydrogen-bond donors (Lipinski definition) is 2. The predicted molar refractivity (Wildman–Crippen MR) is 180 cm³/mol. The molecule has 0 bridgehead atoms. The summed E-state index contributed by atoms with van der Waals surface area (Å²) in [5, 5.41) is 20.0. The summed E-state index contributed by atoms with van der Waals surface area (Å²) in [7, 11) is -3.14. The number of piperazine rings is 1. The Hall–Kier alpha value is -3.92. The fraction of sp³-hybridized carbons (Fsp3) is 0.265. The van der Waals surface area contributed by atoms with Crippen molar-refractivity contribution in [3.8, 4) is 17.0 Å². The van der Waals surface area contributed by atoms with Gasteiger partial charge in [0.15, 0.2) is 0 Å². The molecule has 1 unspecified atom stereocenters. The minimum atomic E-state index is -3.14. The molecule has 11 heteroatoms. The third-order valence-electron chi connectivity index (χ3n) is 8.26. The zero-order valence-electron chi connectivity index (χ0n) is 25.5. The van der Waals surface area contributed by atoms with Gasteiger partial charge >= 0.3 is 14.4 Å². The van der Waals surface area contributed by atoms with Gasteiger partial charge in [-0.3, -0.25) is 5.41 Å². The normalized spacial score (nSPS) is 15.6. The van der Waals surface area contributed by atoms with Crippen LogP contribution in [0.4, 0.5) is 9.18 Å². The zero-order chi connectivity index (χ0) is 32.5. The predicted octanol–water partition coefficient (Wildman–Crippen LogP) is 7.14.